The summed E-state index contributed by atoms with van der Waals surface area (Å²) in [6.45, 7) is 4.44. The number of carbonyl (C=O) groups is 2. The summed E-state index contributed by atoms with van der Waals surface area (Å²) in [5, 5.41) is 14.1. The number of para-hydroxylation sites is 1. The zero-order chi connectivity index (χ0) is 20.1. The molecule has 1 fully saturated rings. The third-order valence-electron chi connectivity index (χ3n) is 5.02. The fourth-order valence-electron chi connectivity index (χ4n) is 3.28. The number of hydrogen-bond acceptors (Lipinski definition) is 5. The number of rotatable bonds is 5. The van der Waals surface area contributed by atoms with Gasteiger partial charge < -0.3 is 20.1 Å². The number of carbonyl (C=O) groups excluding carboxylic acids is 2. The normalized spacial score (nSPS) is 20.1. The number of nitrogens with zero attached hydrogens (tertiary/aromatic N) is 2. The van der Waals surface area contributed by atoms with E-state index in [0.717, 1.165) is 10.9 Å². The number of aromatic nitrogens is 1. The zero-order valence-corrected chi connectivity index (χ0v) is 16.3. The molecule has 2 N–H and O–H groups in total. The van der Waals surface area contributed by atoms with Gasteiger partial charge in [0.25, 0.3) is 5.91 Å². The fraction of sp³-hybridized carbons (Fsp3) is 0.476. The van der Waals surface area contributed by atoms with Crippen LogP contribution >= 0.6 is 0 Å². The predicted octanol–water partition coefficient (Wildman–Crippen LogP) is 1.74. The third kappa shape index (κ3) is 4.78. The lowest BCUT2D eigenvalue weighted by molar-refractivity contribution is -0.133. The predicted molar refractivity (Wildman–Crippen MR) is 106 cm³/mol. The van der Waals surface area contributed by atoms with Crippen molar-refractivity contribution in [1.82, 2.24) is 15.2 Å². The first-order valence-corrected chi connectivity index (χ1v) is 9.68. The van der Waals surface area contributed by atoms with Gasteiger partial charge in [0.2, 0.25) is 5.91 Å². The van der Waals surface area contributed by atoms with Crippen LogP contribution in [-0.4, -0.2) is 58.6 Å². The quantitative estimate of drug-likeness (QED) is 0.818. The SMILES string of the molecule is CC(C)C(=O)N[C@H]1CCN(C(=O)COc2cccc3cccnc23)CC[C@@H]1O. The summed E-state index contributed by atoms with van der Waals surface area (Å²) in [7, 11) is 0. The molecular formula is C21H27N3O4. The van der Waals surface area contributed by atoms with E-state index in [-0.39, 0.29) is 30.4 Å². The van der Waals surface area contributed by atoms with Crippen LogP contribution in [0.5, 0.6) is 5.75 Å². The van der Waals surface area contributed by atoms with Crippen LogP contribution in [-0.2, 0) is 9.59 Å². The van der Waals surface area contributed by atoms with Crippen molar-refractivity contribution in [1.29, 1.82) is 0 Å². The average Bonchev–Trinajstić information content (AvgIpc) is 2.88. The second-order valence-electron chi connectivity index (χ2n) is 7.42. The number of likely N-dealkylation sites (tertiary alicyclic amines) is 1. The molecule has 0 radical (unpaired) electrons. The summed E-state index contributed by atoms with van der Waals surface area (Å²) in [6, 6.07) is 9.07. The highest BCUT2D eigenvalue weighted by atomic mass is 16.5. The monoisotopic (exact) mass is 385 g/mol. The van der Waals surface area contributed by atoms with Crippen molar-refractivity contribution in [2.45, 2.75) is 38.8 Å². The third-order valence-corrected chi connectivity index (χ3v) is 5.02. The Kier molecular flexibility index (Phi) is 6.46. The highest BCUT2D eigenvalue weighted by molar-refractivity contribution is 5.85. The van der Waals surface area contributed by atoms with Crippen molar-refractivity contribution < 1.29 is 19.4 Å². The van der Waals surface area contributed by atoms with E-state index in [9.17, 15) is 14.7 Å². The molecule has 28 heavy (non-hydrogen) atoms. The fourth-order valence-corrected chi connectivity index (χ4v) is 3.28. The molecule has 2 atom stereocenters. The van der Waals surface area contributed by atoms with Crippen LogP contribution in [0.4, 0.5) is 0 Å². The Hall–Kier alpha value is -2.67. The van der Waals surface area contributed by atoms with E-state index in [1.165, 1.54) is 0 Å². The number of aliphatic hydroxyl groups is 1. The first kappa shape index (κ1) is 20.1. The molecule has 0 aliphatic carbocycles. The van der Waals surface area contributed by atoms with Gasteiger partial charge in [0.15, 0.2) is 6.61 Å². The number of nitrogens with one attached hydrogen (secondary N) is 1. The maximum Gasteiger partial charge on any atom is 0.260 e. The molecule has 1 aromatic heterocycles. The average molecular weight is 385 g/mol. The molecule has 1 aliphatic rings. The second kappa shape index (κ2) is 9.01. The molecule has 150 valence electrons. The molecule has 0 unspecified atom stereocenters. The van der Waals surface area contributed by atoms with Gasteiger partial charge in [0.05, 0.1) is 12.1 Å². The van der Waals surface area contributed by atoms with E-state index in [1.807, 2.05) is 38.1 Å². The minimum Gasteiger partial charge on any atom is -0.481 e. The van der Waals surface area contributed by atoms with Gasteiger partial charge in [0, 0.05) is 30.6 Å². The summed E-state index contributed by atoms with van der Waals surface area (Å²) < 4.78 is 5.74. The molecule has 2 amide bonds. The first-order chi connectivity index (χ1) is 13.5. The lowest BCUT2D eigenvalue weighted by Crippen LogP contribution is -2.44. The number of aliphatic hydroxyl groups excluding tert-OH is 1. The second-order valence-corrected chi connectivity index (χ2v) is 7.42. The highest BCUT2D eigenvalue weighted by Gasteiger charge is 2.28. The zero-order valence-electron chi connectivity index (χ0n) is 16.3. The van der Waals surface area contributed by atoms with Crippen LogP contribution in [0.3, 0.4) is 0 Å². The van der Waals surface area contributed by atoms with E-state index in [0.29, 0.717) is 31.7 Å². The Morgan fingerprint density at radius 1 is 1.25 bits per heavy atom. The first-order valence-electron chi connectivity index (χ1n) is 9.68. The maximum absolute atomic E-state index is 12.6. The highest BCUT2D eigenvalue weighted by Crippen LogP contribution is 2.23. The molecular weight excluding hydrogens is 358 g/mol. The Morgan fingerprint density at radius 2 is 2.00 bits per heavy atom. The molecule has 1 saturated heterocycles. The van der Waals surface area contributed by atoms with Gasteiger partial charge in [-0.05, 0) is 25.0 Å². The molecule has 7 heteroatoms. The number of ether oxygens (including phenoxy) is 1. The van der Waals surface area contributed by atoms with Crippen LogP contribution in [0.25, 0.3) is 10.9 Å². The number of amides is 2. The van der Waals surface area contributed by atoms with Crippen molar-refractivity contribution in [2.24, 2.45) is 5.92 Å². The standard InChI is InChI=1S/C21H27N3O4/c1-14(2)21(27)23-16-8-11-24(12-9-17(16)25)19(26)13-28-18-7-3-5-15-6-4-10-22-20(15)18/h3-7,10,14,16-17,25H,8-9,11-13H2,1-2H3,(H,23,27)/t16-,17-/m0/s1. The minimum atomic E-state index is -0.663. The summed E-state index contributed by atoms with van der Waals surface area (Å²) in [5.74, 6) is 0.200. The van der Waals surface area contributed by atoms with Crippen LogP contribution in [0.15, 0.2) is 36.5 Å². The van der Waals surface area contributed by atoms with Crippen molar-refractivity contribution in [2.75, 3.05) is 19.7 Å². The Morgan fingerprint density at radius 3 is 2.79 bits per heavy atom. The van der Waals surface area contributed by atoms with Crippen LogP contribution in [0.1, 0.15) is 26.7 Å². The van der Waals surface area contributed by atoms with Crippen molar-refractivity contribution in [3.8, 4) is 5.75 Å². The minimum absolute atomic E-state index is 0.0874. The van der Waals surface area contributed by atoms with Crippen molar-refractivity contribution in [3.05, 3.63) is 36.5 Å². The Balaban J connectivity index is 1.58. The van der Waals surface area contributed by atoms with Gasteiger partial charge in [-0.25, -0.2) is 0 Å². The summed E-state index contributed by atoms with van der Waals surface area (Å²) in [6.07, 6.45) is 1.97. The van der Waals surface area contributed by atoms with Crippen molar-refractivity contribution in [3.63, 3.8) is 0 Å². The van der Waals surface area contributed by atoms with E-state index >= 15 is 0 Å². The van der Waals surface area contributed by atoms with Gasteiger partial charge in [-0.1, -0.05) is 32.0 Å². The van der Waals surface area contributed by atoms with Crippen LogP contribution < -0.4 is 10.1 Å². The van der Waals surface area contributed by atoms with Gasteiger partial charge in [-0.3, -0.25) is 14.6 Å². The van der Waals surface area contributed by atoms with Gasteiger partial charge in [-0.2, -0.15) is 0 Å². The van der Waals surface area contributed by atoms with E-state index in [1.54, 1.807) is 17.2 Å². The molecule has 1 aromatic carbocycles. The summed E-state index contributed by atoms with van der Waals surface area (Å²) in [5.41, 5.74) is 0.723. The van der Waals surface area contributed by atoms with E-state index < -0.39 is 6.10 Å². The Bertz CT molecular complexity index is 834. The van der Waals surface area contributed by atoms with Gasteiger partial charge in [-0.15, -0.1) is 0 Å². The number of hydrogen-bond donors (Lipinski definition) is 2. The number of benzene rings is 1. The molecule has 2 heterocycles. The largest absolute Gasteiger partial charge is 0.481 e. The maximum atomic E-state index is 12.6. The van der Waals surface area contributed by atoms with Gasteiger partial charge in [0.1, 0.15) is 11.3 Å². The molecule has 3 rings (SSSR count). The Labute approximate surface area is 164 Å². The van der Waals surface area contributed by atoms with Crippen LogP contribution in [0.2, 0.25) is 0 Å². The topological polar surface area (TPSA) is 91.8 Å². The molecule has 2 aromatic rings. The summed E-state index contributed by atoms with van der Waals surface area (Å²) >= 11 is 0. The lowest BCUT2D eigenvalue weighted by Gasteiger charge is -2.22. The molecule has 0 saturated carbocycles. The molecule has 7 nitrogen and oxygen atoms in total. The lowest BCUT2D eigenvalue weighted by atomic mass is 10.1. The van der Waals surface area contributed by atoms with E-state index in [2.05, 4.69) is 10.3 Å². The number of pyridine rings is 1. The van der Waals surface area contributed by atoms with E-state index in [4.69, 9.17) is 4.74 Å². The molecule has 1 aliphatic heterocycles. The van der Waals surface area contributed by atoms with Gasteiger partial charge >= 0.3 is 0 Å². The number of fused-ring (bicyclic) bond motifs is 1. The molecule has 0 spiro atoms. The van der Waals surface area contributed by atoms with Crippen molar-refractivity contribution >= 4 is 22.7 Å². The molecule has 0 bridgehead atoms. The van der Waals surface area contributed by atoms with Crippen LogP contribution in [0, 0.1) is 5.92 Å². The summed E-state index contributed by atoms with van der Waals surface area (Å²) in [4.78, 5) is 30.5. The smallest absolute Gasteiger partial charge is 0.260 e.